The van der Waals surface area contributed by atoms with Crippen LogP contribution in [-0.2, 0) is 0 Å². The van der Waals surface area contributed by atoms with Crippen molar-refractivity contribution >= 4 is 58.2 Å². The van der Waals surface area contributed by atoms with E-state index in [-0.39, 0.29) is 0 Å². The second-order valence-corrected chi connectivity index (χ2v) is 14.7. The molecule has 166 valence electrons. The zero-order valence-electron chi connectivity index (χ0n) is 19.2. The van der Waals surface area contributed by atoms with E-state index in [1.54, 1.807) is 0 Å². The van der Waals surface area contributed by atoms with Gasteiger partial charge in [0.25, 0.3) is 0 Å². The maximum atomic E-state index is 5.04. The molecular weight excluding hydrogens is 446 g/mol. The standard InChI is InChI=1S/C32H28P2/c1-33(27-17-7-3-8-18-27,28-19-9-4-10-20-28)31-25-15-16-26-32(31)34(2,29-21-11-5-12-22-29)30-23-13-6-14-24-30/h3-26H,1-2H2. The van der Waals surface area contributed by atoms with Crippen molar-refractivity contribution in [3.05, 3.63) is 146 Å². The molecule has 0 unspecified atom stereocenters. The average molecular weight is 475 g/mol. The third kappa shape index (κ3) is 3.84. The second kappa shape index (κ2) is 9.52. The third-order valence-electron chi connectivity index (χ3n) is 6.49. The lowest BCUT2D eigenvalue weighted by atomic mass is 10.3. The van der Waals surface area contributed by atoms with Crippen molar-refractivity contribution in [3.8, 4) is 0 Å². The first-order valence-corrected chi connectivity index (χ1v) is 15.4. The smallest absolute Gasteiger partial charge is 0.00831 e. The average Bonchev–Trinajstić information content (AvgIpc) is 2.94. The van der Waals surface area contributed by atoms with Crippen LogP contribution in [0.3, 0.4) is 0 Å². The highest BCUT2D eigenvalue weighted by molar-refractivity contribution is 7.98. The maximum absolute atomic E-state index is 5.04. The Kier molecular flexibility index (Phi) is 6.30. The van der Waals surface area contributed by atoms with Gasteiger partial charge in [0.05, 0.1) is 0 Å². The molecule has 5 aromatic carbocycles. The molecule has 34 heavy (non-hydrogen) atoms. The van der Waals surface area contributed by atoms with E-state index in [4.69, 9.17) is 12.6 Å². The number of benzene rings is 5. The van der Waals surface area contributed by atoms with Gasteiger partial charge in [0.2, 0.25) is 0 Å². The van der Waals surface area contributed by atoms with Gasteiger partial charge in [-0.1, -0.05) is 158 Å². The Balaban J connectivity index is 1.87. The van der Waals surface area contributed by atoms with E-state index in [9.17, 15) is 0 Å². The molecule has 0 heterocycles. The Morgan fingerprint density at radius 2 is 0.500 bits per heavy atom. The highest BCUT2D eigenvalue weighted by atomic mass is 31.2. The van der Waals surface area contributed by atoms with Crippen LogP contribution in [0.15, 0.2) is 146 Å². The summed E-state index contributed by atoms with van der Waals surface area (Å²) in [5.74, 6) is 0. The van der Waals surface area contributed by atoms with Crippen LogP contribution < -0.4 is 31.8 Å². The fourth-order valence-electron chi connectivity index (χ4n) is 4.69. The fourth-order valence-corrected chi connectivity index (χ4v) is 11.8. The van der Waals surface area contributed by atoms with E-state index in [1.165, 1.54) is 31.8 Å². The van der Waals surface area contributed by atoms with Gasteiger partial charge in [0.15, 0.2) is 0 Å². The molecular formula is C32H28P2. The van der Waals surface area contributed by atoms with Crippen LogP contribution in [0.2, 0.25) is 0 Å². The molecule has 0 N–H and O–H groups in total. The summed E-state index contributed by atoms with van der Waals surface area (Å²) in [5, 5.41) is 7.73. The molecule has 0 spiro atoms. The second-order valence-electron chi connectivity index (χ2n) is 8.45. The summed E-state index contributed by atoms with van der Waals surface area (Å²) in [6.07, 6.45) is 10.1. The summed E-state index contributed by atoms with van der Waals surface area (Å²) < 4.78 is 0. The van der Waals surface area contributed by atoms with E-state index in [1.807, 2.05) is 0 Å². The summed E-state index contributed by atoms with van der Waals surface area (Å²) in [7, 11) is 0. The summed E-state index contributed by atoms with van der Waals surface area (Å²) in [4.78, 5) is 0. The van der Waals surface area contributed by atoms with Gasteiger partial charge in [-0.3, -0.25) is 0 Å². The van der Waals surface area contributed by atoms with Gasteiger partial charge in [-0.05, 0) is 45.6 Å². The van der Waals surface area contributed by atoms with Gasteiger partial charge in [-0.15, -0.1) is 0 Å². The Morgan fingerprint density at radius 1 is 0.294 bits per heavy atom. The third-order valence-corrected chi connectivity index (χ3v) is 13.8. The Morgan fingerprint density at radius 3 is 0.735 bits per heavy atom. The molecule has 0 aliphatic rings. The van der Waals surface area contributed by atoms with Gasteiger partial charge in [-0.2, -0.15) is 0 Å². The zero-order valence-corrected chi connectivity index (χ0v) is 21.0. The largest absolute Gasteiger partial charge is 0.0887 e. The molecule has 0 fully saturated rings. The molecule has 2 heteroatoms. The van der Waals surface area contributed by atoms with Gasteiger partial charge in [0.1, 0.15) is 0 Å². The molecule has 5 rings (SSSR count). The van der Waals surface area contributed by atoms with Crippen LogP contribution in [-0.4, -0.2) is 12.6 Å². The van der Waals surface area contributed by atoms with Crippen LogP contribution in [0.4, 0.5) is 0 Å². The van der Waals surface area contributed by atoms with Crippen molar-refractivity contribution in [1.82, 2.24) is 0 Å². The van der Waals surface area contributed by atoms with E-state index >= 15 is 0 Å². The number of rotatable bonds is 6. The van der Waals surface area contributed by atoms with Gasteiger partial charge < -0.3 is 0 Å². The van der Waals surface area contributed by atoms with Gasteiger partial charge in [-0.25, -0.2) is 0 Å². The summed E-state index contributed by atoms with van der Waals surface area (Å²) in [6.45, 7) is -4.33. The minimum atomic E-state index is -2.16. The van der Waals surface area contributed by atoms with E-state index < -0.39 is 13.8 Å². The first-order valence-electron chi connectivity index (χ1n) is 11.4. The molecule has 5 aromatic rings. The normalized spacial score (nSPS) is 11.8. The Bertz CT molecular complexity index is 1270. The van der Waals surface area contributed by atoms with Gasteiger partial charge in [0, 0.05) is 0 Å². The van der Waals surface area contributed by atoms with Crippen molar-refractivity contribution in [3.63, 3.8) is 0 Å². The van der Waals surface area contributed by atoms with Crippen molar-refractivity contribution in [1.29, 1.82) is 0 Å². The summed E-state index contributed by atoms with van der Waals surface area (Å²) in [6, 6.07) is 52.1. The predicted octanol–water partition coefficient (Wildman–Crippen LogP) is 5.14. The van der Waals surface area contributed by atoms with Crippen molar-refractivity contribution in [2.45, 2.75) is 0 Å². The Hall–Kier alpha value is -3.30. The molecule has 0 bridgehead atoms. The molecule has 0 atom stereocenters. The number of hydrogen-bond donors (Lipinski definition) is 0. The lowest BCUT2D eigenvalue weighted by molar-refractivity contribution is 1.74. The molecule has 0 aromatic heterocycles. The van der Waals surface area contributed by atoms with Crippen molar-refractivity contribution < 1.29 is 0 Å². The first kappa shape index (κ1) is 22.5. The monoisotopic (exact) mass is 474 g/mol. The SMILES string of the molecule is C=P(c1ccccc1)(c1ccccc1)c1ccccc1P(=C)(c1ccccc1)c1ccccc1. The van der Waals surface area contributed by atoms with Crippen LogP contribution in [0.1, 0.15) is 0 Å². The minimum absolute atomic E-state index is 1.28. The van der Waals surface area contributed by atoms with E-state index in [2.05, 4.69) is 146 Å². The molecule has 0 aliphatic heterocycles. The lowest BCUT2D eigenvalue weighted by Crippen LogP contribution is -2.38. The van der Waals surface area contributed by atoms with Crippen LogP contribution in [0, 0.1) is 0 Å². The summed E-state index contributed by atoms with van der Waals surface area (Å²) in [5.41, 5.74) is 0. The quantitative estimate of drug-likeness (QED) is 0.299. The summed E-state index contributed by atoms with van der Waals surface area (Å²) >= 11 is 0. The topological polar surface area (TPSA) is 0 Å². The molecule has 0 nitrogen and oxygen atoms in total. The fraction of sp³-hybridized carbons (Fsp3) is 0. The van der Waals surface area contributed by atoms with E-state index in [0.29, 0.717) is 0 Å². The molecule has 0 radical (unpaired) electrons. The van der Waals surface area contributed by atoms with Crippen LogP contribution in [0.25, 0.3) is 0 Å². The molecule has 0 aliphatic carbocycles. The Labute approximate surface area is 203 Å². The van der Waals surface area contributed by atoms with Crippen molar-refractivity contribution in [2.24, 2.45) is 0 Å². The number of hydrogen-bond acceptors (Lipinski definition) is 0. The minimum Gasteiger partial charge on any atom is -0.0887 e. The highest BCUT2D eigenvalue weighted by Crippen LogP contribution is 2.47. The highest BCUT2D eigenvalue weighted by Gasteiger charge is 2.31. The van der Waals surface area contributed by atoms with Crippen LogP contribution >= 0.6 is 13.8 Å². The maximum Gasteiger partial charge on any atom is -0.00831 e. The van der Waals surface area contributed by atoms with Gasteiger partial charge >= 0.3 is 0 Å². The van der Waals surface area contributed by atoms with Crippen LogP contribution in [0.5, 0.6) is 0 Å². The molecule has 0 saturated heterocycles. The molecule has 0 saturated carbocycles. The predicted molar refractivity (Wildman–Crippen MR) is 158 cm³/mol. The van der Waals surface area contributed by atoms with Crippen molar-refractivity contribution in [2.75, 3.05) is 0 Å². The zero-order chi connectivity index (χ0) is 23.4. The molecule has 0 amide bonds. The lowest BCUT2D eigenvalue weighted by Gasteiger charge is -2.34. The van der Waals surface area contributed by atoms with E-state index in [0.717, 1.165) is 0 Å². The first-order chi connectivity index (χ1) is 16.6.